The molecule has 1 aromatic rings. The van der Waals surface area contributed by atoms with Gasteiger partial charge in [0.2, 0.25) is 0 Å². The van der Waals surface area contributed by atoms with E-state index < -0.39 is 0 Å². The number of thiazole rings is 1. The number of hydrogen-bond acceptors (Lipinski definition) is 4. The highest BCUT2D eigenvalue weighted by Gasteiger charge is 2.37. The molecule has 2 fully saturated rings. The van der Waals surface area contributed by atoms with Gasteiger partial charge in [0.25, 0.3) is 0 Å². The smallest absolute Gasteiger partial charge is 0.186 e. The van der Waals surface area contributed by atoms with Gasteiger partial charge in [-0.25, -0.2) is 4.98 Å². The Morgan fingerprint density at radius 2 is 2.10 bits per heavy atom. The first-order valence-corrected chi connectivity index (χ1v) is 9.61. The third kappa shape index (κ3) is 3.26. The van der Waals surface area contributed by atoms with Gasteiger partial charge in [-0.2, -0.15) is 0 Å². The van der Waals surface area contributed by atoms with Crippen LogP contribution in [0.25, 0.3) is 0 Å². The fraction of sp³-hybridized carbons (Fsp3) is 0.824. The van der Waals surface area contributed by atoms with Crippen molar-refractivity contribution in [2.24, 2.45) is 5.92 Å². The second-order valence-electron chi connectivity index (χ2n) is 6.49. The molecular formula is C17H29N3S. The quantitative estimate of drug-likeness (QED) is 0.862. The lowest BCUT2D eigenvalue weighted by molar-refractivity contribution is 0.342. The van der Waals surface area contributed by atoms with Crippen molar-refractivity contribution in [3.63, 3.8) is 0 Å². The van der Waals surface area contributed by atoms with Gasteiger partial charge >= 0.3 is 0 Å². The van der Waals surface area contributed by atoms with Crippen molar-refractivity contribution in [1.29, 1.82) is 0 Å². The molecule has 0 radical (unpaired) electrons. The fourth-order valence-electron chi connectivity index (χ4n) is 3.94. The maximum Gasteiger partial charge on any atom is 0.186 e. The summed E-state index contributed by atoms with van der Waals surface area (Å²) in [6.45, 7) is 7.69. The molecule has 2 unspecified atom stereocenters. The van der Waals surface area contributed by atoms with E-state index in [0.29, 0.717) is 0 Å². The Morgan fingerprint density at radius 1 is 1.24 bits per heavy atom. The summed E-state index contributed by atoms with van der Waals surface area (Å²) in [7, 11) is 0. The van der Waals surface area contributed by atoms with E-state index in [0.717, 1.165) is 31.5 Å². The summed E-state index contributed by atoms with van der Waals surface area (Å²) in [6.07, 6.45) is 9.38. The number of anilines is 1. The van der Waals surface area contributed by atoms with Gasteiger partial charge in [0.05, 0.1) is 5.69 Å². The van der Waals surface area contributed by atoms with E-state index in [4.69, 9.17) is 4.98 Å². The topological polar surface area (TPSA) is 28.2 Å². The number of aryl methyl sites for hydroxylation is 1. The minimum absolute atomic E-state index is 0.784. The van der Waals surface area contributed by atoms with E-state index in [2.05, 4.69) is 24.1 Å². The lowest BCUT2D eigenvalue weighted by Gasteiger charge is -2.31. The van der Waals surface area contributed by atoms with Gasteiger partial charge in [0.1, 0.15) is 0 Å². The van der Waals surface area contributed by atoms with E-state index in [1.165, 1.54) is 60.8 Å². The molecule has 3 rings (SSSR count). The average molecular weight is 308 g/mol. The van der Waals surface area contributed by atoms with Gasteiger partial charge in [-0.05, 0) is 38.1 Å². The van der Waals surface area contributed by atoms with Crippen LogP contribution in [0.3, 0.4) is 0 Å². The Labute approximate surface area is 133 Å². The molecule has 1 aliphatic heterocycles. The summed E-state index contributed by atoms with van der Waals surface area (Å²) >= 11 is 1.94. The van der Waals surface area contributed by atoms with Crippen LogP contribution in [0.1, 0.15) is 62.9 Å². The third-order valence-corrected chi connectivity index (χ3v) is 6.18. The molecule has 3 nitrogen and oxygen atoms in total. The normalized spacial score (nSPS) is 25.3. The van der Waals surface area contributed by atoms with E-state index in [1.54, 1.807) is 0 Å². The standard InChI is InChI=1S/C17H29N3S/c1-3-7-14-16(12-18-4-2)21-17(19-14)20-11-10-13-8-5-6-9-15(13)20/h13,15,18H,3-12H2,1-2H3. The molecule has 118 valence electrons. The van der Waals surface area contributed by atoms with E-state index >= 15 is 0 Å². The van der Waals surface area contributed by atoms with Gasteiger partial charge in [0, 0.05) is 24.0 Å². The fourth-order valence-corrected chi connectivity index (χ4v) is 5.10. The summed E-state index contributed by atoms with van der Waals surface area (Å²) in [4.78, 5) is 9.14. The number of nitrogens with one attached hydrogen (secondary N) is 1. The molecule has 4 heteroatoms. The molecule has 0 aromatic carbocycles. The number of rotatable bonds is 6. The molecule has 1 saturated carbocycles. The number of hydrogen-bond donors (Lipinski definition) is 1. The molecule has 21 heavy (non-hydrogen) atoms. The summed E-state index contributed by atoms with van der Waals surface area (Å²) < 4.78 is 0. The third-order valence-electron chi connectivity index (χ3n) is 5.05. The van der Waals surface area contributed by atoms with Gasteiger partial charge in [-0.15, -0.1) is 11.3 Å². The Balaban J connectivity index is 1.78. The molecule has 0 spiro atoms. The molecule has 1 aliphatic carbocycles. The minimum Gasteiger partial charge on any atom is -0.345 e. The SMILES string of the molecule is CCCc1nc(N2CCC3CCCCC32)sc1CNCC. The van der Waals surface area contributed by atoms with Crippen molar-refractivity contribution in [3.05, 3.63) is 10.6 Å². The zero-order valence-electron chi connectivity index (χ0n) is 13.5. The van der Waals surface area contributed by atoms with E-state index in [9.17, 15) is 0 Å². The first kappa shape index (κ1) is 15.3. The Bertz CT molecular complexity index is 457. The minimum atomic E-state index is 0.784. The monoisotopic (exact) mass is 307 g/mol. The molecule has 2 atom stereocenters. The van der Waals surface area contributed by atoms with Crippen LogP contribution >= 0.6 is 11.3 Å². The largest absolute Gasteiger partial charge is 0.345 e. The van der Waals surface area contributed by atoms with Crippen molar-refractivity contribution < 1.29 is 0 Å². The zero-order valence-corrected chi connectivity index (χ0v) is 14.3. The molecule has 2 aliphatic rings. The Kier molecular flexibility index (Phi) is 5.17. The summed E-state index contributed by atoms with van der Waals surface area (Å²) in [6, 6.07) is 0.784. The maximum absolute atomic E-state index is 5.03. The van der Waals surface area contributed by atoms with E-state index in [-0.39, 0.29) is 0 Å². The predicted octanol–water partition coefficient (Wildman–Crippen LogP) is 3.97. The van der Waals surface area contributed by atoms with Crippen molar-refractivity contribution >= 4 is 16.5 Å². The highest BCUT2D eigenvalue weighted by Crippen LogP contribution is 2.40. The van der Waals surface area contributed by atoms with Crippen LogP contribution in [-0.4, -0.2) is 24.1 Å². The number of aromatic nitrogens is 1. The van der Waals surface area contributed by atoms with Crippen molar-refractivity contribution in [1.82, 2.24) is 10.3 Å². The first-order valence-electron chi connectivity index (χ1n) is 8.79. The second-order valence-corrected chi connectivity index (χ2v) is 7.55. The highest BCUT2D eigenvalue weighted by molar-refractivity contribution is 7.15. The Hall–Kier alpha value is -0.610. The van der Waals surface area contributed by atoms with Crippen LogP contribution < -0.4 is 10.2 Å². The van der Waals surface area contributed by atoms with Gasteiger partial charge < -0.3 is 10.2 Å². The summed E-state index contributed by atoms with van der Waals surface area (Å²) in [5.41, 5.74) is 1.35. The van der Waals surface area contributed by atoms with Crippen molar-refractivity contribution in [2.45, 2.75) is 71.4 Å². The first-order chi connectivity index (χ1) is 10.3. The van der Waals surface area contributed by atoms with Crippen LogP contribution in [0.5, 0.6) is 0 Å². The molecule has 2 heterocycles. The van der Waals surface area contributed by atoms with Crippen molar-refractivity contribution in [2.75, 3.05) is 18.0 Å². The summed E-state index contributed by atoms with van der Waals surface area (Å²) in [5, 5.41) is 4.78. The van der Waals surface area contributed by atoms with Crippen LogP contribution in [0.4, 0.5) is 5.13 Å². The van der Waals surface area contributed by atoms with Gasteiger partial charge in [0.15, 0.2) is 5.13 Å². The van der Waals surface area contributed by atoms with Crippen molar-refractivity contribution in [3.8, 4) is 0 Å². The lowest BCUT2D eigenvalue weighted by atomic mass is 9.85. The maximum atomic E-state index is 5.03. The van der Waals surface area contributed by atoms with Crippen LogP contribution in [0, 0.1) is 5.92 Å². The second kappa shape index (κ2) is 7.10. The van der Waals surface area contributed by atoms with Crippen LogP contribution in [0.2, 0.25) is 0 Å². The van der Waals surface area contributed by atoms with Crippen LogP contribution in [-0.2, 0) is 13.0 Å². The molecule has 1 N–H and O–H groups in total. The summed E-state index contributed by atoms with van der Waals surface area (Å²) in [5.74, 6) is 0.939. The van der Waals surface area contributed by atoms with E-state index in [1.807, 2.05) is 11.3 Å². The predicted molar refractivity (Wildman–Crippen MR) is 91.2 cm³/mol. The van der Waals surface area contributed by atoms with Gasteiger partial charge in [-0.1, -0.05) is 33.1 Å². The number of fused-ring (bicyclic) bond motifs is 1. The molecule has 1 aromatic heterocycles. The highest BCUT2D eigenvalue weighted by atomic mass is 32.1. The Morgan fingerprint density at radius 3 is 2.90 bits per heavy atom. The zero-order chi connectivity index (χ0) is 14.7. The molecule has 0 amide bonds. The number of nitrogens with zero attached hydrogens (tertiary/aromatic N) is 2. The van der Waals surface area contributed by atoms with Gasteiger partial charge in [-0.3, -0.25) is 0 Å². The molecule has 0 bridgehead atoms. The molecule has 1 saturated heterocycles. The van der Waals surface area contributed by atoms with Crippen LogP contribution in [0.15, 0.2) is 0 Å². The average Bonchev–Trinajstić information content (AvgIpc) is 3.09. The molecular weight excluding hydrogens is 278 g/mol. The lowest BCUT2D eigenvalue weighted by Crippen LogP contribution is -2.34.